The summed E-state index contributed by atoms with van der Waals surface area (Å²) in [6, 6.07) is -0.481. The van der Waals surface area contributed by atoms with Crippen LogP contribution < -0.4 is 10.6 Å². The molecule has 0 spiro atoms. The van der Waals surface area contributed by atoms with Gasteiger partial charge in [0, 0.05) is 4.88 Å². The molecule has 0 saturated carbocycles. The van der Waals surface area contributed by atoms with Crippen LogP contribution >= 0.6 is 11.3 Å². The Morgan fingerprint density at radius 3 is 2.41 bits per heavy atom. The molecule has 3 N–H and O–H groups in total. The van der Waals surface area contributed by atoms with Gasteiger partial charge in [-0.25, -0.2) is 4.79 Å². The van der Waals surface area contributed by atoms with E-state index in [0.717, 1.165) is 4.88 Å². The molecular weight excluding hydrogens is 308 g/mol. The molecule has 0 saturated heterocycles. The third-order valence-electron chi connectivity index (χ3n) is 3.26. The van der Waals surface area contributed by atoms with Crippen molar-refractivity contribution in [3.05, 3.63) is 16.0 Å². The number of hydrogen-bond acceptors (Lipinski definition) is 6. The molecule has 7 nitrogen and oxygen atoms in total. The summed E-state index contributed by atoms with van der Waals surface area (Å²) in [6.45, 7) is 5.08. The Morgan fingerprint density at radius 1 is 1.27 bits per heavy atom. The number of esters is 1. The molecule has 0 aromatic carbocycles. The van der Waals surface area contributed by atoms with Crippen molar-refractivity contribution in [1.29, 1.82) is 0 Å². The van der Waals surface area contributed by atoms with Crippen LogP contribution in [0.1, 0.15) is 34.1 Å². The van der Waals surface area contributed by atoms with Crippen molar-refractivity contribution in [3.63, 3.8) is 0 Å². The van der Waals surface area contributed by atoms with Crippen LogP contribution in [0.15, 0.2) is 0 Å². The normalized spacial score (nSPS) is 11.7. The van der Waals surface area contributed by atoms with E-state index in [2.05, 4.69) is 10.6 Å². The van der Waals surface area contributed by atoms with E-state index in [-0.39, 0.29) is 17.2 Å². The Hall–Kier alpha value is -1.93. The van der Waals surface area contributed by atoms with E-state index < -0.39 is 23.8 Å². The molecule has 8 heteroatoms. The smallest absolute Gasteiger partial charge is 0.341 e. The first kappa shape index (κ1) is 18.1. The van der Waals surface area contributed by atoms with E-state index >= 15 is 0 Å². The highest BCUT2D eigenvalue weighted by Gasteiger charge is 2.24. The standard InChI is InChI=1S/C14H20N2O5S/c1-5-9(6-17)15-11(18)12(19)16-13-10(14(20)21-4)7(2)8(3)22-13/h9,17H,5-6H2,1-4H3,(H,15,18)(H,16,19). The fraction of sp³-hybridized carbons (Fsp3) is 0.500. The number of aliphatic hydroxyl groups excluding tert-OH is 1. The van der Waals surface area contributed by atoms with Crippen LogP contribution in [0.4, 0.5) is 5.00 Å². The molecule has 122 valence electrons. The maximum Gasteiger partial charge on any atom is 0.341 e. The zero-order valence-corrected chi connectivity index (χ0v) is 13.8. The number of carbonyl (C=O) groups excluding carboxylic acids is 3. The van der Waals surface area contributed by atoms with Crippen LogP contribution in [0.5, 0.6) is 0 Å². The fourth-order valence-corrected chi connectivity index (χ4v) is 2.79. The number of ether oxygens (including phenoxy) is 1. The molecule has 0 aliphatic heterocycles. The van der Waals surface area contributed by atoms with Gasteiger partial charge in [0.1, 0.15) is 5.00 Å². The second-order valence-electron chi connectivity index (χ2n) is 4.69. The Balaban J connectivity index is 2.91. The number of anilines is 1. The van der Waals surface area contributed by atoms with Gasteiger partial charge in [-0.3, -0.25) is 9.59 Å². The van der Waals surface area contributed by atoms with Crippen molar-refractivity contribution in [2.75, 3.05) is 19.0 Å². The zero-order valence-electron chi connectivity index (χ0n) is 13.0. The van der Waals surface area contributed by atoms with Crippen molar-refractivity contribution < 1.29 is 24.2 Å². The number of rotatable bonds is 5. The lowest BCUT2D eigenvalue weighted by Crippen LogP contribution is -2.43. The monoisotopic (exact) mass is 328 g/mol. The highest BCUT2D eigenvalue weighted by molar-refractivity contribution is 7.17. The second kappa shape index (κ2) is 7.90. The van der Waals surface area contributed by atoms with Gasteiger partial charge in [0.05, 0.1) is 25.3 Å². The van der Waals surface area contributed by atoms with Crippen LogP contribution in [0, 0.1) is 13.8 Å². The van der Waals surface area contributed by atoms with E-state index in [0.29, 0.717) is 12.0 Å². The number of thiophene rings is 1. The third kappa shape index (κ3) is 4.05. The number of methoxy groups -OCH3 is 1. The lowest BCUT2D eigenvalue weighted by molar-refractivity contribution is -0.136. The van der Waals surface area contributed by atoms with E-state index in [1.165, 1.54) is 18.4 Å². The molecule has 22 heavy (non-hydrogen) atoms. The first-order chi connectivity index (χ1) is 10.3. The van der Waals surface area contributed by atoms with E-state index in [9.17, 15) is 14.4 Å². The van der Waals surface area contributed by atoms with Gasteiger partial charge in [0.2, 0.25) is 0 Å². The molecule has 0 bridgehead atoms. The molecule has 1 atom stereocenters. The fourth-order valence-electron chi connectivity index (χ4n) is 1.75. The highest BCUT2D eigenvalue weighted by Crippen LogP contribution is 2.32. The Labute approximate surface area is 132 Å². The predicted octanol–water partition coefficient (Wildman–Crippen LogP) is 0.977. The largest absolute Gasteiger partial charge is 0.465 e. The number of aliphatic hydroxyl groups is 1. The van der Waals surface area contributed by atoms with Crippen LogP contribution in [0.2, 0.25) is 0 Å². The maximum atomic E-state index is 11.9. The number of amides is 2. The van der Waals surface area contributed by atoms with Gasteiger partial charge in [-0.05, 0) is 25.8 Å². The molecule has 1 aromatic heterocycles. The Kier molecular flexibility index (Phi) is 6.51. The van der Waals surface area contributed by atoms with Crippen molar-refractivity contribution in [1.82, 2.24) is 5.32 Å². The van der Waals surface area contributed by atoms with Crippen LogP contribution in [-0.4, -0.2) is 42.6 Å². The van der Waals surface area contributed by atoms with E-state index in [1.54, 1.807) is 20.8 Å². The van der Waals surface area contributed by atoms with Gasteiger partial charge in [-0.15, -0.1) is 11.3 Å². The lowest BCUT2D eigenvalue weighted by atomic mass is 10.1. The molecule has 1 unspecified atom stereocenters. The van der Waals surface area contributed by atoms with Crippen molar-refractivity contribution in [3.8, 4) is 0 Å². The summed E-state index contributed by atoms with van der Waals surface area (Å²) in [5, 5.41) is 14.1. The number of hydrogen-bond donors (Lipinski definition) is 3. The maximum absolute atomic E-state index is 11.9. The van der Waals surface area contributed by atoms with Gasteiger partial charge < -0.3 is 20.5 Å². The lowest BCUT2D eigenvalue weighted by Gasteiger charge is -2.13. The molecule has 0 radical (unpaired) electrons. The minimum Gasteiger partial charge on any atom is -0.465 e. The SMILES string of the molecule is CCC(CO)NC(=O)C(=O)Nc1sc(C)c(C)c1C(=O)OC. The first-order valence-electron chi connectivity index (χ1n) is 6.76. The minimum atomic E-state index is -0.890. The van der Waals surface area contributed by atoms with Crippen molar-refractivity contribution in [2.24, 2.45) is 0 Å². The Morgan fingerprint density at radius 2 is 1.91 bits per heavy atom. The molecule has 1 rings (SSSR count). The van der Waals surface area contributed by atoms with E-state index in [1.807, 2.05) is 0 Å². The molecule has 1 aromatic rings. The van der Waals surface area contributed by atoms with Gasteiger partial charge >= 0.3 is 17.8 Å². The average Bonchev–Trinajstić information content (AvgIpc) is 2.78. The summed E-state index contributed by atoms with van der Waals surface area (Å²) in [5.74, 6) is -2.32. The summed E-state index contributed by atoms with van der Waals surface area (Å²) in [7, 11) is 1.25. The molecule has 2 amide bonds. The summed E-state index contributed by atoms with van der Waals surface area (Å²) >= 11 is 1.20. The van der Waals surface area contributed by atoms with Crippen molar-refractivity contribution >= 4 is 34.1 Å². The van der Waals surface area contributed by atoms with Crippen LogP contribution in [-0.2, 0) is 14.3 Å². The summed E-state index contributed by atoms with van der Waals surface area (Å²) < 4.78 is 4.70. The third-order valence-corrected chi connectivity index (χ3v) is 4.38. The average molecular weight is 328 g/mol. The van der Waals surface area contributed by atoms with Crippen LogP contribution in [0.25, 0.3) is 0 Å². The van der Waals surface area contributed by atoms with Gasteiger partial charge in [0.25, 0.3) is 0 Å². The summed E-state index contributed by atoms with van der Waals surface area (Å²) in [4.78, 5) is 36.3. The quantitative estimate of drug-likeness (QED) is 0.552. The van der Waals surface area contributed by atoms with Gasteiger partial charge in [0.15, 0.2) is 0 Å². The molecule has 0 aliphatic carbocycles. The summed E-state index contributed by atoms with van der Waals surface area (Å²) in [5.41, 5.74) is 0.953. The number of nitrogens with one attached hydrogen (secondary N) is 2. The topological polar surface area (TPSA) is 105 Å². The predicted molar refractivity (Wildman–Crippen MR) is 83.1 cm³/mol. The molecular formula is C14H20N2O5S. The Bertz CT molecular complexity index is 578. The van der Waals surface area contributed by atoms with E-state index in [4.69, 9.17) is 9.84 Å². The number of carbonyl (C=O) groups is 3. The molecule has 0 fully saturated rings. The van der Waals surface area contributed by atoms with Gasteiger partial charge in [-0.2, -0.15) is 0 Å². The van der Waals surface area contributed by atoms with Gasteiger partial charge in [-0.1, -0.05) is 6.92 Å². The van der Waals surface area contributed by atoms with Crippen LogP contribution in [0.3, 0.4) is 0 Å². The van der Waals surface area contributed by atoms with Crippen molar-refractivity contribution in [2.45, 2.75) is 33.2 Å². The molecule has 0 aliphatic rings. The molecule has 1 heterocycles. The highest BCUT2D eigenvalue weighted by atomic mass is 32.1. The zero-order chi connectivity index (χ0) is 16.9. The second-order valence-corrected chi connectivity index (χ2v) is 5.92. The minimum absolute atomic E-state index is 0.250. The summed E-state index contributed by atoms with van der Waals surface area (Å²) in [6.07, 6.45) is 0.500. The number of aryl methyl sites for hydroxylation is 1. The first-order valence-corrected chi connectivity index (χ1v) is 7.58.